The number of rotatable bonds is 2. The van der Waals surface area contributed by atoms with Crippen molar-refractivity contribution in [1.82, 2.24) is 20.4 Å². The van der Waals surface area contributed by atoms with Gasteiger partial charge in [-0.05, 0) is 6.07 Å². The molecule has 2 aromatic heterocycles. The van der Waals surface area contributed by atoms with E-state index in [1.807, 2.05) is 0 Å². The second-order valence-corrected chi connectivity index (χ2v) is 3.88. The number of aromatic nitrogens is 3. The third-order valence-electron chi connectivity index (χ3n) is 2.66. The van der Waals surface area contributed by atoms with E-state index in [-0.39, 0.29) is 17.6 Å². The molecular formula is C11H11FN4O2. The predicted octanol–water partition coefficient (Wildman–Crippen LogP) is 0.932. The first-order valence-electron chi connectivity index (χ1n) is 5.60. The van der Waals surface area contributed by atoms with Gasteiger partial charge in [0.1, 0.15) is 6.10 Å². The summed E-state index contributed by atoms with van der Waals surface area (Å²) < 4.78 is 24.0. The van der Waals surface area contributed by atoms with Crippen LogP contribution in [0.15, 0.2) is 23.0 Å². The van der Waals surface area contributed by atoms with Gasteiger partial charge in [-0.15, -0.1) is 0 Å². The second kappa shape index (κ2) is 4.79. The summed E-state index contributed by atoms with van der Waals surface area (Å²) in [6.07, 6.45) is 2.33. The highest BCUT2D eigenvalue weighted by molar-refractivity contribution is 5.52. The zero-order chi connectivity index (χ0) is 12.4. The fourth-order valence-electron chi connectivity index (χ4n) is 1.75. The minimum absolute atomic E-state index is 0.138. The van der Waals surface area contributed by atoms with Gasteiger partial charge >= 0.3 is 0 Å². The smallest absolute Gasteiger partial charge is 0.261 e. The van der Waals surface area contributed by atoms with Gasteiger partial charge in [-0.25, -0.2) is 4.39 Å². The Morgan fingerprint density at radius 3 is 3.17 bits per heavy atom. The van der Waals surface area contributed by atoms with Crippen LogP contribution < -0.4 is 5.32 Å². The van der Waals surface area contributed by atoms with Crippen molar-refractivity contribution in [3.63, 3.8) is 0 Å². The van der Waals surface area contributed by atoms with Crippen molar-refractivity contribution in [3.8, 4) is 11.5 Å². The van der Waals surface area contributed by atoms with Gasteiger partial charge < -0.3 is 14.6 Å². The maximum atomic E-state index is 13.5. The quantitative estimate of drug-likeness (QED) is 0.854. The molecule has 3 heterocycles. The molecule has 0 aromatic carbocycles. The molecule has 6 nitrogen and oxygen atoms in total. The minimum atomic E-state index is -0.490. The number of halogens is 1. The molecule has 1 aliphatic heterocycles. The summed E-state index contributed by atoms with van der Waals surface area (Å²) in [7, 11) is 0. The van der Waals surface area contributed by atoms with Crippen LogP contribution in [0, 0.1) is 5.82 Å². The van der Waals surface area contributed by atoms with E-state index in [1.165, 1.54) is 12.3 Å². The highest BCUT2D eigenvalue weighted by atomic mass is 19.1. The fourth-order valence-corrected chi connectivity index (χ4v) is 1.75. The normalized spacial score (nSPS) is 19.9. The maximum absolute atomic E-state index is 13.5. The molecule has 0 bridgehead atoms. The molecule has 1 N–H and O–H groups in total. The summed E-state index contributed by atoms with van der Waals surface area (Å²) in [6, 6.07) is 1.49. The van der Waals surface area contributed by atoms with E-state index in [4.69, 9.17) is 9.26 Å². The van der Waals surface area contributed by atoms with E-state index in [2.05, 4.69) is 20.4 Å². The largest absolute Gasteiger partial charge is 0.367 e. The molecule has 3 rings (SSSR count). The van der Waals surface area contributed by atoms with E-state index >= 15 is 0 Å². The summed E-state index contributed by atoms with van der Waals surface area (Å²) in [5.41, 5.74) is 0.243. The average molecular weight is 250 g/mol. The van der Waals surface area contributed by atoms with Crippen molar-refractivity contribution in [3.05, 3.63) is 30.1 Å². The summed E-state index contributed by atoms with van der Waals surface area (Å²) >= 11 is 0. The summed E-state index contributed by atoms with van der Waals surface area (Å²) in [5.74, 6) is 0.0721. The lowest BCUT2D eigenvalue weighted by Crippen LogP contribution is -2.33. The number of nitrogens with zero attached hydrogens (tertiary/aromatic N) is 3. The molecule has 94 valence electrons. The molecule has 1 aliphatic rings. The first kappa shape index (κ1) is 11.2. The molecule has 0 aliphatic carbocycles. The first-order valence-corrected chi connectivity index (χ1v) is 5.60. The molecule has 0 amide bonds. The van der Waals surface area contributed by atoms with Crippen molar-refractivity contribution in [2.75, 3.05) is 19.7 Å². The molecule has 0 radical (unpaired) electrons. The number of morpholine rings is 1. The van der Waals surface area contributed by atoms with Crippen LogP contribution in [-0.2, 0) is 4.74 Å². The number of hydrogen-bond donors (Lipinski definition) is 1. The van der Waals surface area contributed by atoms with Crippen LogP contribution in [0.25, 0.3) is 11.5 Å². The third kappa shape index (κ3) is 2.09. The highest BCUT2D eigenvalue weighted by Gasteiger charge is 2.22. The van der Waals surface area contributed by atoms with Crippen LogP contribution in [0.4, 0.5) is 4.39 Å². The summed E-state index contributed by atoms with van der Waals surface area (Å²) in [6.45, 7) is 2.02. The van der Waals surface area contributed by atoms with Crippen molar-refractivity contribution < 1.29 is 13.7 Å². The van der Waals surface area contributed by atoms with E-state index in [0.717, 1.165) is 12.7 Å². The standard InChI is InChI=1S/C11H11FN4O2/c12-8-5-13-2-1-7(8)11-15-10(16-18-11)9-6-14-3-4-17-9/h1-2,5,9,14H,3-4,6H2. The zero-order valence-corrected chi connectivity index (χ0v) is 9.47. The van der Waals surface area contributed by atoms with Crippen LogP contribution in [0.3, 0.4) is 0 Å². The Bertz CT molecular complexity index is 539. The molecule has 0 spiro atoms. The van der Waals surface area contributed by atoms with Crippen LogP contribution in [0.5, 0.6) is 0 Å². The highest BCUT2D eigenvalue weighted by Crippen LogP contribution is 2.23. The molecule has 0 saturated carbocycles. The Labute approximate surface area is 102 Å². The molecule has 1 fully saturated rings. The lowest BCUT2D eigenvalue weighted by molar-refractivity contribution is 0.0208. The topological polar surface area (TPSA) is 73.1 Å². The van der Waals surface area contributed by atoms with Gasteiger partial charge in [-0.1, -0.05) is 5.16 Å². The molecule has 18 heavy (non-hydrogen) atoms. The monoisotopic (exact) mass is 250 g/mol. The Kier molecular flexibility index (Phi) is 2.99. The maximum Gasteiger partial charge on any atom is 0.261 e. The second-order valence-electron chi connectivity index (χ2n) is 3.88. The van der Waals surface area contributed by atoms with Crippen molar-refractivity contribution in [2.24, 2.45) is 0 Å². The Morgan fingerprint density at radius 1 is 1.44 bits per heavy atom. The van der Waals surface area contributed by atoms with Crippen LogP contribution in [-0.4, -0.2) is 34.8 Å². The summed E-state index contributed by atoms with van der Waals surface area (Å²) in [5, 5.41) is 6.98. The van der Waals surface area contributed by atoms with Gasteiger partial charge in [0.05, 0.1) is 18.4 Å². The van der Waals surface area contributed by atoms with E-state index in [1.54, 1.807) is 0 Å². The van der Waals surface area contributed by atoms with Crippen molar-refractivity contribution in [1.29, 1.82) is 0 Å². The average Bonchev–Trinajstić information content (AvgIpc) is 2.90. The zero-order valence-electron chi connectivity index (χ0n) is 9.47. The van der Waals surface area contributed by atoms with E-state index in [0.29, 0.717) is 19.0 Å². The third-order valence-corrected chi connectivity index (χ3v) is 2.66. The van der Waals surface area contributed by atoms with Gasteiger partial charge in [-0.3, -0.25) is 4.98 Å². The van der Waals surface area contributed by atoms with Crippen LogP contribution in [0.1, 0.15) is 11.9 Å². The predicted molar refractivity (Wildman–Crippen MR) is 59.0 cm³/mol. The van der Waals surface area contributed by atoms with Gasteiger partial charge in [0.15, 0.2) is 5.82 Å². The van der Waals surface area contributed by atoms with E-state index < -0.39 is 5.82 Å². The Balaban J connectivity index is 1.87. The summed E-state index contributed by atoms with van der Waals surface area (Å²) in [4.78, 5) is 7.82. The minimum Gasteiger partial charge on any atom is -0.367 e. The molecule has 2 aromatic rings. The lowest BCUT2D eigenvalue weighted by atomic mass is 10.2. The molecule has 7 heteroatoms. The lowest BCUT2D eigenvalue weighted by Gasteiger charge is -2.20. The Hall–Kier alpha value is -1.86. The van der Waals surface area contributed by atoms with Crippen LogP contribution >= 0.6 is 0 Å². The Morgan fingerprint density at radius 2 is 2.39 bits per heavy atom. The first-order chi connectivity index (χ1) is 8.84. The fraction of sp³-hybridized carbons (Fsp3) is 0.364. The number of nitrogens with one attached hydrogen (secondary N) is 1. The van der Waals surface area contributed by atoms with Crippen molar-refractivity contribution in [2.45, 2.75) is 6.10 Å². The number of ether oxygens (including phenoxy) is 1. The van der Waals surface area contributed by atoms with Crippen molar-refractivity contribution >= 4 is 0 Å². The number of hydrogen-bond acceptors (Lipinski definition) is 6. The van der Waals surface area contributed by atoms with E-state index in [9.17, 15) is 4.39 Å². The van der Waals surface area contributed by atoms with Gasteiger partial charge in [0.25, 0.3) is 5.89 Å². The molecule has 1 atom stereocenters. The molecule has 1 saturated heterocycles. The van der Waals surface area contributed by atoms with Gasteiger partial charge in [0.2, 0.25) is 5.82 Å². The SMILES string of the molecule is Fc1cnccc1-c1nc(C2CNCCO2)no1. The van der Waals surface area contributed by atoms with Gasteiger partial charge in [0, 0.05) is 19.3 Å². The number of pyridine rings is 1. The molecular weight excluding hydrogens is 239 g/mol. The molecule has 1 unspecified atom stereocenters. The van der Waals surface area contributed by atoms with Crippen LogP contribution in [0.2, 0.25) is 0 Å². The van der Waals surface area contributed by atoms with Gasteiger partial charge in [-0.2, -0.15) is 4.98 Å².